The third-order valence-corrected chi connectivity index (χ3v) is 7.44. The van der Waals surface area contributed by atoms with Crippen LogP contribution in [0, 0.1) is 0 Å². The van der Waals surface area contributed by atoms with E-state index in [4.69, 9.17) is 21.1 Å². The van der Waals surface area contributed by atoms with E-state index in [1.54, 1.807) is 44.3 Å². The van der Waals surface area contributed by atoms with Crippen molar-refractivity contribution >= 4 is 58.6 Å². The standard InChI is InChI=1S/C20H19ClN4O3S3/c1-27-16-8-7-13(9-17(16)28-2)10-22-23-18(26)12-30-20-25-24-19(31-20)29-11-14-5-3-4-6-15(14)21/h3-10H,11-12H2,1-2H3,(H,23,26). The third-order valence-electron chi connectivity index (χ3n) is 3.83. The SMILES string of the molecule is COc1ccc(C=NNC(=O)CSc2nnc(SCc3ccccc3Cl)s2)cc1OC. The fourth-order valence-corrected chi connectivity index (χ4v) is 5.44. The topological polar surface area (TPSA) is 85.7 Å². The molecule has 0 radical (unpaired) electrons. The number of nitrogens with one attached hydrogen (secondary N) is 1. The average molecular weight is 495 g/mol. The van der Waals surface area contributed by atoms with Crippen molar-refractivity contribution in [1.82, 2.24) is 15.6 Å². The van der Waals surface area contributed by atoms with Gasteiger partial charge in [-0.25, -0.2) is 5.43 Å². The van der Waals surface area contributed by atoms with Crippen LogP contribution in [0.2, 0.25) is 5.02 Å². The lowest BCUT2D eigenvalue weighted by molar-refractivity contribution is -0.118. The number of ether oxygens (including phenoxy) is 2. The van der Waals surface area contributed by atoms with E-state index in [2.05, 4.69) is 20.7 Å². The Labute approximate surface area is 197 Å². The van der Waals surface area contributed by atoms with Gasteiger partial charge in [-0.05, 0) is 35.4 Å². The second-order valence-corrected chi connectivity index (χ2v) is 9.74. The summed E-state index contributed by atoms with van der Waals surface area (Å²) < 4.78 is 12.0. The maximum Gasteiger partial charge on any atom is 0.250 e. The van der Waals surface area contributed by atoms with Gasteiger partial charge >= 0.3 is 0 Å². The van der Waals surface area contributed by atoms with Gasteiger partial charge in [0.05, 0.1) is 26.2 Å². The molecule has 11 heteroatoms. The van der Waals surface area contributed by atoms with Gasteiger partial charge in [0, 0.05) is 10.8 Å². The highest BCUT2D eigenvalue weighted by molar-refractivity contribution is 8.03. The van der Waals surface area contributed by atoms with Crippen molar-refractivity contribution in [2.24, 2.45) is 5.10 Å². The van der Waals surface area contributed by atoms with Crippen LogP contribution in [0.5, 0.6) is 11.5 Å². The third kappa shape index (κ3) is 7.13. The van der Waals surface area contributed by atoms with E-state index in [0.717, 1.165) is 24.8 Å². The molecule has 7 nitrogen and oxygen atoms in total. The van der Waals surface area contributed by atoms with Crippen LogP contribution in [0.25, 0.3) is 0 Å². The number of aromatic nitrogens is 2. The number of hydrogen-bond donors (Lipinski definition) is 1. The summed E-state index contributed by atoms with van der Waals surface area (Å²) in [5.74, 6) is 1.88. The van der Waals surface area contributed by atoms with Gasteiger partial charge < -0.3 is 9.47 Å². The highest BCUT2D eigenvalue weighted by Gasteiger charge is 2.09. The van der Waals surface area contributed by atoms with Crippen molar-refractivity contribution < 1.29 is 14.3 Å². The number of rotatable bonds is 10. The molecule has 3 rings (SSSR count). The van der Waals surface area contributed by atoms with Crippen LogP contribution in [-0.4, -0.2) is 42.3 Å². The van der Waals surface area contributed by atoms with Gasteiger partial charge in [0.25, 0.3) is 5.91 Å². The van der Waals surface area contributed by atoms with Crippen LogP contribution < -0.4 is 14.9 Å². The van der Waals surface area contributed by atoms with E-state index in [1.807, 2.05) is 30.3 Å². The Morgan fingerprint density at radius 1 is 1.13 bits per heavy atom. The minimum atomic E-state index is -0.234. The zero-order valence-electron chi connectivity index (χ0n) is 16.7. The number of benzene rings is 2. The van der Waals surface area contributed by atoms with Gasteiger partial charge in [0.1, 0.15) is 0 Å². The molecular formula is C20H19ClN4O3S3. The molecule has 0 bridgehead atoms. The number of hydrogen-bond acceptors (Lipinski definition) is 9. The monoisotopic (exact) mass is 494 g/mol. The van der Waals surface area contributed by atoms with E-state index in [1.165, 1.54) is 23.1 Å². The highest BCUT2D eigenvalue weighted by atomic mass is 35.5. The van der Waals surface area contributed by atoms with E-state index in [-0.39, 0.29) is 11.7 Å². The van der Waals surface area contributed by atoms with Crippen molar-refractivity contribution in [1.29, 1.82) is 0 Å². The Hall–Kier alpha value is -2.27. The van der Waals surface area contributed by atoms with Crippen LogP contribution >= 0.6 is 46.5 Å². The number of thioether (sulfide) groups is 2. The highest BCUT2D eigenvalue weighted by Crippen LogP contribution is 2.32. The van der Waals surface area contributed by atoms with Gasteiger partial charge in [0.15, 0.2) is 20.2 Å². The van der Waals surface area contributed by atoms with Gasteiger partial charge in [-0.2, -0.15) is 5.10 Å². The molecule has 0 aliphatic carbocycles. The zero-order chi connectivity index (χ0) is 22.1. The normalized spacial score (nSPS) is 10.9. The largest absolute Gasteiger partial charge is 0.493 e. The first-order valence-corrected chi connectivity index (χ1v) is 12.1. The Kier molecular flexibility index (Phi) is 9.01. The molecule has 1 aromatic heterocycles. The lowest BCUT2D eigenvalue weighted by Crippen LogP contribution is -2.19. The summed E-state index contributed by atoms with van der Waals surface area (Å²) in [6.45, 7) is 0. The molecule has 0 aliphatic heterocycles. The van der Waals surface area contributed by atoms with Gasteiger partial charge in [-0.1, -0.05) is 64.7 Å². The fraction of sp³-hybridized carbons (Fsp3) is 0.200. The zero-order valence-corrected chi connectivity index (χ0v) is 19.9. The van der Waals surface area contributed by atoms with Gasteiger partial charge in [0.2, 0.25) is 0 Å². The smallest absolute Gasteiger partial charge is 0.250 e. The maximum atomic E-state index is 12.0. The van der Waals surface area contributed by atoms with Gasteiger partial charge in [-0.15, -0.1) is 10.2 Å². The number of carbonyl (C=O) groups excluding carboxylic acids is 1. The molecule has 1 heterocycles. The summed E-state index contributed by atoms with van der Waals surface area (Å²) in [5.41, 5.74) is 4.32. The second-order valence-electron chi connectivity index (χ2n) is 5.91. The van der Waals surface area contributed by atoms with Crippen molar-refractivity contribution in [2.45, 2.75) is 14.4 Å². The number of carbonyl (C=O) groups is 1. The first kappa shape index (κ1) is 23.4. The van der Waals surface area contributed by atoms with Crippen molar-refractivity contribution in [2.75, 3.05) is 20.0 Å². The maximum absolute atomic E-state index is 12.0. The molecule has 0 saturated heterocycles. The molecule has 1 N–H and O–H groups in total. The molecule has 0 atom stereocenters. The molecule has 3 aromatic rings. The van der Waals surface area contributed by atoms with E-state index < -0.39 is 0 Å². The molecule has 0 fully saturated rings. The number of methoxy groups -OCH3 is 2. The average Bonchev–Trinajstić information content (AvgIpc) is 3.25. The van der Waals surface area contributed by atoms with Crippen LogP contribution in [-0.2, 0) is 10.5 Å². The predicted octanol–water partition coefficient (Wildman–Crippen LogP) is 4.74. The Morgan fingerprint density at radius 2 is 1.87 bits per heavy atom. The quantitative estimate of drug-likeness (QED) is 0.247. The van der Waals surface area contributed by atoms with E-state index in [0.29, 0.717) is 17.3 Å². The Morgan fingerprint density at radius 3 is 2.61 bits per heavy atom. The van der Waals surface area contributed by atoms with Gasteiger partial charge in [-0.3, -0.25) is 4.79 Å². The molecular weight excluding hydrogens is 476 g/mol. The summed E-state index contributed by atoms with van der Waals surface area (Å²) in [6.07, 6.45) is 1.54. The summed E-state index contributed by atoms with van der Waals surface area (Å²) in [5, 5.41) is 13.0. The summed E-state index contributed by atoms with van der Waals surface area (Å²) in [6, 6.07) is 13.1. The van der Waals surface area contributed by atoms with Crippen LogP contribution in [0.4, 0.5) is 0 Å². The number of halogens is 1. The second kappa shape index (κ2) is 11.9. The molecule has 31 heavy (non-hydrogen) atoms. The minimum absolute atomic E-state index is 0.188. The predicted molar refractivity (Wildman–Crippen MR) is 127 cm³/mol. The van der Waals surface area contributed by atoms with Crippen molar-refractivity contribution in [3.05, 3.63) is 58.6 Å². The van der Waals surface area contributed by atoms with Crippen molar-refractivity contribution in [3.63, 3.8) is 0 Å². The first-order valence-electron chi connectivity index (χ1n) is 8.95. The lowest BCUT2D eigenvalue weighted by Gasteiger charge is -2.07. The number of amides is 1. The van der Waals surface area contributed by atoms with Crippen LogP contribution in [0.1, 0.15) is 11.1 Å². The van der Waals surface area contributed by atoms with Crippen LogP contribution in [0.15, 0.2) is 56.2 Å². The molecule has 0 aliphatic rings. The number of hydrazone groups is 1. The Balaban J connectivity index is 1.44. The summed E-state index contributed by atoms with van der Waals surface area (Å²) in [4.78, 5) is 12.0. The summed E-state index contributed by atoms with van der Waals surface area (Å²) in [7, 11) is 3.13. The fourth-order valence-electron chi connectivity index (χ4n) is 2.34. The molecule has 0 unspecified atom stereocenters. The number of nitrogens with zero attached hydrogens (tertiary/aromatic N) is 3. The molecule has 0 saturated carbocycles. The van der Waals surface area contributed by atoms with Crippen LogP contribution in [0.3, 0.4) is 0 Å². The lowest BCUT2D eigenvalue weighted by atomic mass is 10.2. The van der Waals surface area contributed by atoms with E-state index in [9.17, 15) is 4.79 Å². The van der Waals surface area contributed by atoms with Crippen molar-refractivity contribution in [3.8, 4) is 11.5 Å². The molecule has 2 aromatic carbocycles. The minimum Gasteiger partial charge on any atom is -0.493 e. The summed E-state index contributed by atoms with van der Waals surface area (Å²) >= 11 is 10.5. The van der Waals surface area contributed by atoms with E-state index >= 15 is 0 Å². The molecule has 162 valence electrons. The molecule has 0 spiro atoms. The molecule has 1 amide bonds. The first-order chi connectivity index (χ1) is 15.1. The Bertz CT molecular complexity index is 1060.